The predicted molar refractivity (Wildman–Crippen MR) is 123 cm³/mol. The van der Waals surface area contributed by atoms with Crippen molar-refractivity contribution < 1.29 is 19.0 Å². The third-order valence-corrected chi connectivity index (χ3v) is 7.71. The zero-order valence-corrected chi connectivity index (χ0v) is 19.0. The fourth-order valence-corrected chi connectivity index (χ4v) is 6.33. The van der Waals surface area contributed by atoms with Crippen molar-refractivity contribution in [3.05, 3.63) is 22.6 Å². The maximum Gasteiger partial charge on any atom is 0.231 e. The molecule has 2 aromatic heterocycles. The molecule has 1 amide bonds. The third kappa shape index (κ3) is 4.27. The largest absolute Gasteiger partial charge is 0.454 e. The van der Waals surface area contributed by atoms with Crippen LogP contribution in [0.2, 0.25) is 0 Å². The van der Waals surface area contributed by atoms with E-state index in [9.17, 15) is 4.79 Å². The first-order valence-electron chi connectivity index (χ1n) is 10.6. The van der Waals surface area contributed by atoms with Crippen molar-refractivity contribution in [1.82, 2.24) is 10.3 Å². The Balaban J connectivity index is 1.42. The first-order chi connectivity index (χ1) is 15.2. The van der Waals surface area contributed by atoms with Gasteiger partial charge in [-0.3, -0.25) is 4.79 Å². The molecule has 0 spiro atoms. The second-order valence-electron chi connectivity index (χ2n) is 7.68. The van der Waals surface area contributed by atoms with Gasteiger partial charge in [-0.25, -0.2) is 4.98 Å². The maximum absolute atomic E-state index is 12.6. The van der Waals surface area contributed by atoms with Gasteiger partial charge in [-0.15, -0.1) is 22.7 Å². The zero-order chi connectivity index (χ0) is 21.2. The van der Waals surface area contributed by atoms with Crippen LogP contribution in [0, 0.1) is 0 Å². The summed E-state index contributed by atoms with van der Waals surface area (Å²) in [5.41, 5.74) is 3.28. The minimum absolute atomic E-state index is 0.0621. The normalized spacial score (nSPS) is 14.7. The number of aromatic nitrogens is 1. The number of amides is 1. The van der Waals surface area contributed by atoms with Gasteiger partial charge in [0.05, 0.1) is 10.2 Å². The van der Waals surface area contributed by atoms with Crippen molar-refractivity contribution in [2.45, 2.75) is 38.6 Å². The van der Waals surface area contributed by atoms with Crippen LogP contribution in [-0.4, -0.2) is 37.9 Å². The molecular weight excluding hydrogens is 434 g/mol. The van der Waals surface area contributed by atoms with E-state index in [0.717, 1.165) is 82.7 Å². The second kappa shape index (κ2) is 9.12. The molecular formula is C22H25N3O4S2. The predicted octanol–water partition coefficient (Wildman–Crippen LogP) is 4.54. The van der Waals surface area contributed by atoms with Gasteiger partial charge in [-0.2, -0.15) is 0 Å². The van der Waals surface area contributed by atoms with E-state index < -0.39 is 0 Å². The molecule has 2 aliphatic rings. The molecule has 0 aliphatic carbocycles. The molecule has 1 aromatic carbocycles. The molecule has 0 radical (unpaired) electrons. The highest BCUT2D eigenvalue weighted by Gasteiger charge is 2.26. The van der Waals surface area contributed by atoms with Gasteiger partial charge < -0.3 is 24.8 Å². The SMILES string of the molecule is COCCCCCC(=O)Nc1sc2c(c1-c1nc3cc4c(cc3s1)OCO4)CCNC2. The van der Waals surface area contributed by atoms with E-state index in [1.807, 2.05) is 12.1 Å². The van der Waals surface area contributed by atoms with Gasteiger partial charge in [0, 0.05) is 49.3 Å². The number of carbonyl (C=O) groups excluding carboxylic acids is 1. The summed E-state index contributed by atoms with van der Waals surface area (Å²) < 4.78 is 17.2. The molecule has 0 unspecified atom stereocenters. The van der Waals surface area contributed by atoms with Gasteiger partial charge >= 0.3 is 0 Å². The fraction of sp³-hybridized carbons (Fsp3) is 0.455. The molecule has 3 aromatic rings. The first kappa shape index (κ1) is 20.7. The Hall–Kier alpha value is -2.20. The second-order valence-corrected chi connectivity index (χ2v) is 9.81. The van der Waals surface area contributed by atoms with Crippen LogP contribution >= 0.6 is 22.7 Å². The van der Waals surface area contributed by atoms with Gasteiger partial charge in [-0.05, 0) is 31.4 Å². The van der Waals surface area contributed by atoms with Gasteiger partial charge in [0.2, 0.25) is 12.7 Å². The number of benzene rings is 1. The summed E-state index contributed by atoms with van der Waals surface area (Å²) in [4.78, 5) is 18.8. The molecule has 7 nitrogen and oxygen atoms in total. The van der Waals surface area contributed by atoms with Crippen LogP contribution in [0.5, 0.6) is 11.5 Å². The molecule has 4 heterocycles. The molecule has 164 valence electrons. The van der Waals surface area contributed by atoms with Crippen molar-refractivity contribution in [2.75, 3.05) is 32.4 Å². The van der Waals surface area contributed by atoms with E-state index in [0.29, 0.717) is 6.42 Å². The van der Waals surface area contributed by atoms with Gasteiger partial charge in [0.1, 0.15) is 10.0 Å². The Morgan fingerprint density at radius 3 is 2.97 bits per heavy atom. The molecule has 0 fully saturated rings. The minimum Gasteiger partial charge on any atom is -0.454 e. The Labute approximate surface area is 188 Å². The van der Waals surface area contributed by atoms with Gasteiger partial charge in [0.15, 0.2) is 11.5 Å². The monoisotopic (exact) mass is 459 g/mol. The quantitative estimate of drug-likeness (QED) is 0.481. The Kier molecular flexibility index (Phi) is 6.08. The third-order valence-electron chi connectivity index (χ3n) is 5.53. The Morgan fingerprint density at radius 2 is 2.10 bits per heavy atom. The standard InChI is InChI=1S/C22H25N3O4S2/c1-27-8-4-2-3-5-19(26)25-22-20(13-6-7-23-11-18(13)31-22)21-24-14-9-15-16(29-12-28-15)10-17(14)30-21/h9-10,23H,2-8,11-12H2,1H3,(H,25,26). The van der Waals surface area contributed by atoms with Crippen LogP contribution in [0.25, 0.3) is 20.8 Å². The molecule has 2 aliphatic heterocycles. The van der Waals surface area contributed by atoms with Crippen LogP contribution in [-0.2, 0) is 22.5 Å². The summed E-state index contributed by atoms with van der Waals surface area (Å²) >= 11 is 3.30. The average molecular weight is 460 g/mol. The summed E-state index contributed by atoms with van der Waals surface area (Å²) in [6.07, 6.45) is 4.30. The van der Waals surface area contributed by atoms with Crippen molar-refractivity contribution in [1.29, 1.82) is 0 Å². The summed E-state index contributed by atoms with van der Waals surface area (Å²) in [6, 6.07) is 3.94. The lowest BCUT2D eigenvalue weighted by molar-refractivity contribution is -0.116. The molecule has 5 rings (SSSR count). The zero-order valence-electron chi connectivity index (χ0n) is 17.4. The van der Waals surface area contributed by atoms with Crippen molar-refractivity contribution in [2.24, 2.45) is 0 Å². The van der Waals surface area contributed by atoms with E-state index >= 15 is 0 Å². The number of rotatable bonds is 8. The van der Waals surface area contributed by atoms with E-state index in [4.69, 9.17) is 19.2 Å². The van der Waals surface area contributed by atoms with Crippen molar-refractivity contribution >= 4 is 43.8 Å². The Bertz CT molecular complexity index is 1070. The summed E-state index contributed by atoms with van der Waals surface area (Å²) in [5, 5.41) is 8.47. The lowest BCUT2D eigenvalue weighted by Crippen LogP contribution is -2.22. The van der Waals surface area contributed by atoms with E-state index in [1.54, 1.807) is 29.8 Å². The molecule has 0 saturated heterocycles. The van der Waals surface area contributed by atoms with E-state index in [-0.39, 0.29) is 12.7 Å². The molecule has 31 heavy (non-hydrogen) atoms. The molecule has 9 heteroatoms. The Morgan fingerprint density at radius 1 is 1.23 bits per heavy atom. The number of carbonyl (C=O) groups is 1. The number of nitrogens with one attached hydrogen (secondary N) is 2. The van der Waals surface area contributed by atoms with Crippen LogP contribution in [0.1, 0.15) is 36.1 Å². The summed E-state index contributed by atoms with van der Waals surface area (Å²) in [6.45, 7) is 2.77. The van der Waals surface area contributed by atoms with Crippen LogP contribution in [0.15, 0.2) is 12.1 Å². The fourth-order valence-electron chi connectivity index (χ4n) is 3.97. The molecule has 0 atom stereocenters. The molecule has 2 N–H and O–H groups in total. The molecule has 0 bridgehead atoms. The number of methoxy groups -OCH3 is 1. The van der Waals surface area contributed by atoms with Crippen LogP contribution in [0.3, 0.4) is 0 Å². The highest BCUT2D eigenvalue weighted by Crippen LogP contribution is 2.46. The van der Waals surface area contributed by atoms with E-state index in [2.05, 4.69) is 10.6 Å². The number of unbranched alkanes of at least 4 members (excludes halogenated alkanes) is 2. The van der Waals surface area contributed by atoms with Crippen molar-refractivity contribution in [3.8, 4) is 22.1 Å². The minimum atomic E-state index is 0.0621. The highest BCUT2D eigenvalue weighted by atomic mass is 32.1. The summed E-state index contributed by atoms with van der Waals surface area (Å²) in [5.74, 6) is 1.57. The number of hydrogen-bond donors (Lipinski definition) is 2. The van der Waals surface area contributed by atoms with Gasteiger partial charge in [0.25, 0.3) is 0 Å². The number of fused-ring (bicyclic) bond motifs is 3. The lowest BCUT2D eigenvalue weighted by Gasteiger charge is -2.13. The smallest absolute Gasteiger partial charge is 0.231 e. The molecule has 0 saturated carbocycles. The lowest BCUT2D eigenvalue weighted by atomic mass is 10.0. The average Bonchev–Trinajstić information content (AvgIpc) is 3.47. The number of hydrogen-bond acceptors (Lipinski definition) is 8. The van der Waals surface area contributed by atoms with Crippen molar-refractivity contribution in [3.63, 3.8) is 0 Å². The van der Waals surface area contributed by atoms with Crippen LogP contribution < -0.4 is 20.1 Å². The van der Waals surface area contributed by atoms with Gasteiger partial charge in [-0.1, -0.05) is 6.42 Å². The van der Waals surface area contributed by atoms with E-state index in [1.165, 1.54) is 10.4 Å². The number of thiazole rings is 1. The maximum atomic E-state index is 12.6. The number of nitrogens with zero attached hydrogens (tertiary/aromatic N) is 1. The van der Waals surface area contributed by atoms with Crippen LogP contribution in [0.4, 0.5) is 5.00 Å². The number of ether oxygens (including phenoxy) is 3. The highest BCUT2D eigenvalue weighted by molar-refractivity contribution is 7.23. The topological polar surface area (TPSA) is 81.7 Å². The number of anilines is 1. The first-order valence-corrected chi connectivity index (χ1v) is 12.2. The number of thiophene rings is 1. The summed E-state index contributed by atoms with van der Waals surface area (Å²) in [7, 11) is 1.71.